The van der Waals surface area contributed by atoms with E-state index in [1.165, 1.54) is 39.3 Å². The molecule has 0 spiro atoms. The largest absolute Gasteiger partial charge is 0.388 e. The molecule has 34 heavy (non-hydrogen) atoms. The van der Waals surface area contributed by atoms with Gasteiger partial charge in [-0.1, -0.05) is 0 Å². The first kappa shape index (κ1) is 31.8. The third-order valence-electron chi connectivity index (χ3n) is 4.88. The lowest BCUT2D eigenvalue weighted by Crippen LogP contribution is -2.73. The Balaban J connectivity index is 0.000000590. The lowest BCUT2D eigenvalue weighted by molar-refractivity contribution is -0.442. The molecule has 0 aromatic heterocycles. The van der Waals surface area contributed by atoms with Crippen LogP contribution in [0.3, 0.4) is 0 Å². The van der Waals surface area contributed by atoms with Crippen LogP contribution < -0.4 is 0 Å². The molecule has 3 aliphatic rings. The SMILES string of the molecule is C1CN2CCN1CC2.FC(F)(Br)C(F)(F)C(F)(F)C(F)(F)C(F)(F)C(F)(F)C(F)(F)C(F)(F)Br. The van der Waals surface area contributed by atoms with Crippen molar-refractivity contribution in [2.24, 2.45) is 0 Å². The van der Waals surface area contributed by atoms with Crippen LogP contribution in [0.15, 0.2) is 0 Å². The van der Waals surface area contributed by atoms with Crippen LogP contribution in [-0.2, 0) is 0 Å². The maximum Gasteiger partial charge on any atom is 0.388 e. The topological polar surface area (TPSA) is 6.48 Å². The van der Waals surface area contributed by atoms with Gasteiger partial charge in [-0.15, -0.1) is 0 Å². The van der Waals surface area contributed by atoms with E-state index in [0.717, 1.165) is 0 Å². The summed E-state index contributed by atoms with van der Waals surface area (Å²) in [5.74, 6) is -48.1. The first-order chi connectivity index (χ1) is 14.7. The molecule has 20 heteroatoms. The number of alkyl halides is 18. The summed E-state index contributed by atoms with van der Waals surface area (Å²) in [4.78, 5) is -7.78. The summed E-state index contributed by atoms with van der Waals surface area (Å²) in [6.07, 6.45) is 0. The van der Waals surface area contributed by atoms with Crippen molar-refractivity contribution in [1.29, 1.82) is 0 Å². The zero-order valence-electron chi connectivity index (χ0n) is 15.9. The van der Waals surface area contributed by atoms with Crippen LogP contribution in [0, 0.1) is 0 Å². The van der Waals surface area contributed by atoms with Crippen molar-refractivity contribution in [3.05, 3.63) is 0 Å². The van der Waals surface area contributed by atoms with Gasteiger partial charge in [-0.25, -0.2) is 0 Å². The Hall–Kier alpha value is -0.240. The monoisotopic (exact) mass is 670 g/mol. The Labute approximate surface area is 196 Å². The van der Waals surface area contributed by atoms with Crippen molar-refractivity contribution in [1.82, 2.24) is 9.80 Å². The number of hydrogen-bond acceptors (Lipinski definition) is 2. The molecular formula is C14H12Br2F16N2. The van der Waals surface area contributed by atoms with E-state index >= 15 is 0 Å². The third kappa shape index (κ3) is 4.97. The van der Waals surface area contributed by atoms with Crippen molar-refractivity contribution >= 4 is 31.9 Å². The van der Waals surface area contributed by atoms with Crippen LogP contribution >= 0.6 is 31.9 Å². The molecule has 0 amide bonds. The van der Waals surface area contributed by atoms with E-state index in [4.69, 9.17) is 0 Å². The van der Waals surface area contributed by atoms with Gasteiger partial charge in [0.25, 0.3) is 0 Å². The van der Waals surface area contributed by atoms with Gasteiger partial charge in [-0.05, 0) is 31.9 Å². The zero-order valence-corrected chi connectivity index (χ0v) is 19.1. The molecule has 0 unspecified atom stereocenters. The maximum absolute atomic E-state index is 13.0. The lowest BCUT2D eigenvalue weighted by Gasteiger charge is -2.42. The summed E-state index contributed by atoms with van der Waals surface area (Å²) in [5, 5.41) is 0. The highest BCUT2D eigenvalue weighted by Crippen LogP contribution is 2.64. The van der Waals surface area contributed by atoms with E-state index in [0.29, 0.717) is 31.9 Å². The van der Waals surface area contributed by atoms with Crippen molar-refractivity contribution in [3.8, 4) is 0 Å². The van der Waals surface area contributed by atoms with Gasteiger partial charge in [-0.2, -0.15) is 70.2 Å². The fourth-order valence-electron chi connectivity index (χ4n) is 2.66. The van der Waals surface area contributed by atoms with Crippen molar-refractivity contribution in [3.63, 3.8) is 0 Å². The summed E-state index contributed by atoms with van der Waals surface area (Å²) in [7, 11) is 0. The van der Waals surface area contributed by atoms with Gasteiger partial charge >= 0.3 is 45.2 Å². The molecule has 3 aliphatic heterocycles. The van der Waals surface area contributed by atoms with E-state index in [1.54, 1.807) is 0 Å². The highest BCUT2D eigenvalue weighted by molar-refractivity contribution is 9.10. The second-order valence-electron chi connectivity index (χ2n) is 7.13. The van der Waals surface area contributed by atoms with E-state index in [-0.39, 0.29) is 0 Å². The van der Waals surface area contributed by atoms with Gasteiger partial charge in [0, 0.05) is 39.3 Å². The normalized spacial score (nSPS) is 23.5. The van der Waals surface area contributed by atoms with Gasteiger partial charge in [-0.3, -0.25) is 9.80 Å². The van der Waals surface area contributed by atoms with Crippen LogP contribution in [0.4, 0.5) is 70.2 Å². The summed E-state index contributed by atoms with van der Waals surface area (Å²) in [5.41, 5.74) is 0. The Morgan fingerprint density at radius 1 is 0.324 bits per heavy atom. The second-order valence-corrected chi connectivity index (χ2v) is 9.12. The molecule has 3 fully saturated rings. The molecule has 0 radical (unpaired) electrons. The summed E-state index contributed by atoms with van der Waals surface area (Å²) < 4.78 is 204. The Bertz CT molecular complexity index is 638. The molecular weight excluding hydrogens is 660 g/mol. The average molecular weight is 672 g/mol. The number of rotatable bonds is 7. The maximum atomic E-state index is 13.0. The average Bonchev–Trinajstić information content (AvgIpc) is 2.67. The molecule has 204 valence electrons. The lowest BCUT2D eigenvalue weighted by atomic mass is 9.91. The highest BCUT2D eigenvalue weighted by Gasteiger charge is 2.94. The molecule has 2 nitrogen and oxygen atoms in total. The number of hydrogen-bond donors (Lipinski definition) is 0. The van der Waals surface area contributed by atoms with Crippen molar-refractivity contribution < 1.29 is 70.2 Å². The third-order valence-corrected chi connectivity index (χ3v) is 5.88. The van der Waals surface area contributed by atoms with Crippen LogP contribution in [0.2, 0.25) is 0 Å². The number of piperazine rings is 3. The smallest absolute Gasteiger partial charge is 0.300 e. The first-order valence-electron chi connectivity index (χ1n) is 8.55. The fourth-order valence-corrected chi connectivity index (χ4v) is 3.16. The summed E-state index contributed by atoms with van der Waals surface area (Å²) in [6, 6.07) is 0. The minimum absolute atomic E-state index is 0.412. The predicted molar refractivity (Wildman–Crippen MR) is 90.3 cm³/mol. The summed E-state index contributed by atoms with van der Waals surface area (Å²) >= 11 is 0.824. The van der Waals surface area contributed by atoms with Crippen molar-refractivity contribution in [2.45, 2.75) is 45.2 Å². The first-order valence-corrected chi connectivity index (χ1v) is 10.1. The predicted octanol–water partition coefficient (Wildman–Crippen LogP) is 6.39. The number of halogens is 18. The van der Waals surface area contributed by atoms with E-state index in [2.05, 4.69) is 9.80 Å². The molecule has 3 saturated heterocycles. The molecule has 3 rings (SSSR count). The van der Waals surface area contributed by atoms with Gasteiger partial charge in [0.1, 0.15) is 0 Å². The molecule has 3 heterocycles. The number of fused-ring (bicyclic) bond motifs is 3. The summed E-state index contributed by atoms with van der Waals surface area (Å²) in [6.45, 7) is 7.92. The number of nitrogens with zero attached hydrogens (tertiary/aromatic N) is 2. The molecule has 0 N–H and O–H groups in total. The quantitative estimate of drug-likeness (QED) is 0.229. The van der Waals surface area contributed by atoms with Crippen LogP contribution in [0.25, 0.3) is 0 Å². The fraction of sp³-hybridized carbons (Fsp3) is 1.00. The minimum Gasteiger partial charge on any atom is -0.300 e. The van der Waals surface area contributed by atoms with Crippen molar-refractivity contribution in [2.75, 3.05) is 39.3 Å². The van der Waals surface area contributed by atoms with Gasteiger partial charge in [0.15, 0.2) is 0 Å². The molecule has 0 aromatic rings. The molecule has 0 aliphatic carbocycles. The van der Waals surface area contributed by atoms with E-state index < -0.39 is 45.2 Å². The van der Waals surface area contributed by atoms with Gasteiger partial charge < -0.3 is 0 Å². The van der Waals surface area contributed by atoms with Gasteiger partial charge in [0.2, 0.25) is 0 Å². The Kier molecular flexibility index (Phi) is 8.65. The van der Waals surface area contributed by atoms with Crippen LogP contribution in [-0.4, -0.2) is 94.3 Å². The standard InChI is InChI=1S/C8Br2F16.C6H12N2/c9-7(23,24)5(19,20)3(15,16)1(11,12)2(13,14)4(17,18)6(21,22)8(10,25)26;1-2-8-5-3-7(1)4-6-8/h;1-6H2. The molecule has 0 atom stereocenters. The van der Waals surface area contributed by atoms with E-state index in [1.807, 2.05) is 0 Å². The highest BCUT2D eigenvalue weighted by atomic mass is 79.9. The second kappa shape index (κ2) is 9.25. The van der Waals surface area contributed by atoms with Crippen LogP contribution in [0.5, 0.6) is 0 Å². The zero-order chi connectivity index (χ0) is 27.4. The molecule has 2 bridgehead atoms. The van der Waals surface area contributed by atoms with E-state index in [9.17, 15) is 70.2 Å². The molecule has 0 aromatic carbocycles. The van der Waals surface area contributed by atoms with Crippen LogP contribution in [0.1, 0.15) is 0 Å². The Morgan fingerprint density at radius 3 is 0.588 bits per heavy atom. The molecule has 0 saturated carbocycles. The van der Waals surface area contributed by atoms with Gasteiger partial charge in [0.05, 0.1) is 0 Å². The minimum atomic E-state index is -8.37. The Morgan fingerprint density at radius 2 is 0.471 bits per heavy atom.